The minimum absolute atomic E-state index is 0.306. The van der Waals surface area contributed by atoms with Crippen molar-refractivity contribution in [1.82, 2.24) is 0 Å². The summed E-state index contributed by atoms with van der Waals surface area (Å²) in [6, 6.07) is 3.22. The zero-order valence-corrected chi connectivity index (χ0v) is 10.6. The molecule has 0 saturated carbocycles. The normalized spacial score (nSPS) is 11.4. The lowest BCUT2D eigenvalue weighted by atomic mass is 9.95. The zero-order chi connectivity index (χ0) is 12.5. The van der Waals surface area contributed by atoms with E-state index >= 15 is 0 Å². The molecule has 1 aromatic rings. The van der Waals surface area contributed by atoms with Gasteiger partial charge in [-0.15, -0.1) is 0 Å². The second-order valence-electron chi connectivity index (χ2n) is 4.19. The third-order valence-corrected chi connectivity index (χ3v) is 2.46. The zero-order valence-electron chi connectivity index (χ0n) is 9.80. The van der Waals surface area contributed by atoms with E-state index in [0.717, 1.165) is 5.56 Å². The fraction of sp³-hybridized carbons (Fsp3) is 0.417. The SMILES string of the molecule is COc1c(C)cc(Cl)cc1C(=O)C(C)(C)O. The number of ketones is 1. The summed E-state index contributed by atoms with van der Waals surface area (Å²) in [7, 11) is 1.48. The Morgan fingerprint density at radius 2 is 2.00 bits per heavy atom. The Labute approximate surface area is 100.0 Å². The first-order valence-electron chi connectivity index (χ1n) is 4.88. The van der Waals surface area contributed by atoms with Crippen molar-refractivity contribution >= 4 is 17.4 Å². The van der Waals surface area contributed by atoms with Gasteiger partial charge in [0.25, 0.3) is 0 Å². The molecule has 0 spiro atoms. The lowest BCUT2D eigenvalue weighted by Gasteiger charge is -2.18. The molecular weight excluding hydrogens is 228 g/mol. The topological polar surface area (TPSA) is 46.5 Å². The number of aryl methyl sites for hydroxylation is 1. The van der Waals surface area contributed by atoms with Gasteiger partial charge in [0.2, 0.25) is 0 Å². The molecule has 3 nitrogen and oxygen atoms in total. The number of methoxy groups -OCH3 is 1. The highest BCUT2D eigenvalue weighted by molar-refractivity contribution is 6.31. The van der Waals surface area contributed by atoms with Crippen molar-refractivity contribution in [2.75, 3.05) is 7.11 Å². The Balaban J connectivity index is 3.38. The summed E-state index contributed by atoms with van der Waals surface area (Å²) in [6.45, 7) is 4.67. The predicted molar refractivity (Wildman–Crippen MR) is 63.4 cm³/mol. The van der Waals surface area contributed by atoms with E-state index in [0.29, 0.717) is 16.3 Å². The molecule has 0 unspecified atom stereocenters. The van der Waals surface area contributed by atoms with Gasteiger partial charge >= 0.3 is 0 Å². The minimum Gasteiger partial charge on any atom is -0.496 e. The van der Waals surface area contributed by atoms with Crippen LogP contribution >= 0.6 is 11.6 Å². The fourth-order valence-electron chi connectivity index (χ4n) is 1.50. The van der Waals surface area contributed by atoms with Crippen LogP contribution in [0.5, 0.6) is 5.75 Å². The molecular formula is C12H15ClO3. The Bertz CT molecular complexity index is 419. The summed E-state index contributed by atoms with van der Waals surface area (Å²) in [5, 5.41) is 10.1. The van der Waals surface area contributed by atoms with Crippen molar-refractivity contribution in [1.29, 1.82) is 0 Å². The smallest absolute Gasteiger partial charge is 0.197 e. The largest absolute Gasteiger partial charge is 0.496 e. The molecule has 0 heterocycles. The van der Waals surface area contributed by atoms with Crippen molar-refractivity contribution < 1.29 is 14.6 Å². The third-order valence-electron chi connectivity index (χ3n) is 2.24. The second-order valence-corrected chi connectivity index (χ2v) is 4.63. The molecule has 88 valence electrons. The van der Waals surface area contributed by atoms with E-state index in [1.807, 2.05) is 0 Å². The molecule has 0 aliphatic carbocycles. The maximum atomic E-state index is 12.0. The summed E-state index contributed by atoms with van der Waals surface area (Å²) in [4.78, 5) is 12.0. The summed E-state index contributed by atoms with van der Waals surface area (Å²) >= 11 is 5.88. The van der Waals surface area contributed by atoms with E-state index in [2.05, 4.69) is 0 Å². The lowest BCUT2D eigenvalue weighted by molar-refractivity contribution is 0.0485. The number of aliphatic hydroxyl groups is 1. The van der Waals surface area contributed by atoms with E-state index in [4.69, 9.17) is 16.3 Å². The van der Waals surface area contributed by atoms with Gasteiger partial charge in [-0.2, -0.15) is 0 Å². The van der Waals surface area contributed by atoms with E-state index in [-0.39, 0.29) is 0 Å². The van der Waals surface area contributed by atoms with Crippen molar-refractivity contribution in [2.45, 2.75) is 26.4 Å². The van der Waals surface area contributed by atoms with E-state index in [1.54, 1.807) is 13.0 Å². The molecule has 0 bridgehead atoms. The molecule has 1 aromatic carbocycles. The maximum absolute atomic E-state index is 12.0. The van der Waals surface area contributed by atoms with Crippen LogP contribution in [0.2, 0.25) is 5.02 Å². The van der Waals surface area contributed by atoms with E-state index in [9.17, 15) is 9.90 Å². The van der Waals surface area contributed by atoms with Gasteiger partial charge in [-0.05, 0) is 38.5 Å². The predicted octanol–water partition coefficient (Wildman–Crippen LogP) is 2.61. The van der Waals surface area contributed by atoms with Gasteiger partial charge in [0, 0.05) is 5.02 Å². The lowest BCUT2D eigenvalue weighted by Crippen LogP contribution is -2.31. The number of hydrogen-bond donors (Lipinski definition) is 1. The first kappa shape index (κ1) is 13.0. The van der Waals surface area contributed by atoms with Crippen molar-refractivity contribution in [3.63, 3.8) is 0 Å². The van der Waals surface area contributed by atoms with Crippen LogP contribution in [0.3, 0.4) is 0 Å². The number of rotatable bonds is 3. The van der Waals surface area contributed by atoms with Crippen LogP contribution in [0.15, 0.2) is 12.1 Å². The summed E-state index contributed by atoms with van der Waals surface area (Å²) in [6.07, 6.45) is 0. The van der Waals surface area contributed by atoms with Crippen LogP contribution < -0.4 is 4.74 Å². The third kappa shape index (κ3) is 2.54. The number of carbonyl (C=O) groups is 1. The van der Waals surface area contributed by atoms with Crippen LogP contribution in [-0.2, 0) is 0 Å². The maximum Gasteiger partial charge on any atom is 0.197 e. The molecule has 0 amide bonds. The average Bonchev–Trinajstić information content (AvgIpc) is 2.14. The van der Waals surface area contributed by atoms with Gasteiger partial charge in [0.15, 0.2) is 5.78 Å². The van der Waals surface area contributed by atoms with Gasteiger partial charge in [-0.25, -0.2) is 0 Å². The van der Waals surface area contributed by atoms with Gasteiger partial charge in [-0.1, -0.05) is 11.6 Å². The van der Waals surface area contributed by atoms with Gasteiger partial charge in [0.05, 0.1) is 12.7 Å². The highest BCUT2D eigenvalue weighted by atomic mass is 35.5. The molecule has 0 aliphatic heterocycles. The summed E-state index contributed by atoms with van der Waals surface area (Å²) < 4.78 is 5.16. The molecule has 16 heavy (non-hydrogen) atoms. The second kappa shape index (κ2) is 4.44. The van der Waals surface area contributed by atoms with Crippen molar-refractivity contribution in [2.24, 2.45) is 0 Å². The van der Waals surface area contributed by atoms with Gasteiger partial charge in [-0.3, -0.25) is 4.79 Å². The van der Waals surface area contributed by atoms with Crippen LogP contribution in [0.1, 0.15) is 29.8 Å². The van der Waals surface area contributed by atoms with Crippen LogP contribution in [0.4, 0.5) is 0 Å². The molecule has 0 saturated heterocycles. The number of carbonyl (C=O) groups excluding carboxylic acids is 1. The van der Waals surface area contributed by atoms with Crippen LogP contribution in [0, 0.1) is 6.92 Å². The average molecular weight is 243 g/mol. The molecule has 0 aromatic heterocycles. The number of halogens is 1. The summed E-state index contributed by atoms with van der Waals surface area (Å²) in [5.74, 6) is 0.0477. The van der Waals surface area contributed by atoms with E-state index in [1.165, 1.54) is 27.0 Å². The molecule has 0 aliphatic rings. The number of benzene rings is 1. The Morgan fingerprint density at radius 1 is 1.44 bits per heavy atom. The monoisotopic (exact) mass is 242 g/mol. The first-order valence-corrected chi connectivity index (χ1v) is 5.26. The summed E-state index contributed by atoms with van der Waals surface area (Å²) in [5.41, 5.74) is -0.368. The molecule has 1 rings (SSSR count). The molecule has 0 radical (unpaired) electrons. The molecule has 0 atom stereocenters. The Hall–Kier alpha value is -1.06. The van der Waals surface area contributed by atoms with Crippen LogP contribution in [0.25, 0.3) is 0 Å². The Kier molecular flexibility index (Phi) is 3.61. The highest BCUT2D eigenvalue weighted by Gasteiger charge is 2.28. The quantitative estimate of drug-likeness (QED) is 0.829. The molecule has 1 N–H and O–H groups in total. The van der Waals surface area contributed by atoms with Gasteiger partial charge < -0.3 is 9.84 Å². The fourth-order valence-corrected chi connectivity index (χ4v) is 1.77. The highest BCUT2D eigenvalue weighted by Crippen LogP contribution is 2.30. The minimum atomic E-state index is -1.44. The standard InChI is InChI=1S/C12H15ClO3/c1-7-5-8(13)6-9(10(7)16-4)11(14)12(2,3)15/h5-6,15H,1-4H3. The van der Waals surface area contributed by atoms with Crippen LogP contribution in [-0.4, -0.2) is 23.6 Å². The van der Waals surface area contributed by atoms with Crippen molar-refractivity contribution in [3.05, 3.63) is 28.3 Å². The number of Topliss-reactive ketones (excluding diaryl/α,β-unsaturated/α-hetero) is 1. The molecule has 0 fully saturated rings. The Morgan fingerprint density at radius 3 is 2.44 bits per heavy atom. The number of hydrogen-bond acceptors (Lipinski definition) is 3. The van der Waals surface area contributed by atoms with Gasteiger partial charge in [0.1, 0.15) is 11.4 Å². The molecule has 4 heteroatoms. The van der Waals surface area contributed by atoms with Crippen molar-refractivity contribution in [3.8, 4) is 5.75 Å². The first-order chi connectivity index (χ1) is 7.27. The number of ether oxygens (including phenoxy) is 1. The van der Waals surface area contributed by atoms with E-state index < -0.39 is 11.4 Å².